The molecular formula is C11H14ClF4NO2. The van der Waals surface area contributed by atoms with Crippen LogP contribution >= 0.6 is 12.4 Å². The minimum atomic E-state index is -4.53. The van der Waals surface area contributed by atoms with E-state index < -0.39 is 18.6 Å². The molecule has 0 heterocycles. The van der Waals surface area contributed by atoms with Crippen molar-refractivity contribution in [3.8, 4) is 5.75 Å². The van der Waals surface area contributed by atoms with Crippen LogP contribution in [-0.2, 0) is 6.42 Å². The van der Waals surface area contributed by atoms with Gasteiger partial charge in [0.05, 0.1) is 6.61 Å². The third-order valence-corrected chi connectivity index (χ3v) is 2.14. The minimum absolute atomic E-state index is 0. The van der Waals surface area contributed by atoms with Crippen molar-refractivity contribution in [3.05, 3.63) is 29.8 Å². The molecule has 1 aromatic carbocycles. The summed E-state index contributed by atoms with van der Waals surface area (Å²) in [6, 6.07) is 4.74. The number of nitrogens with two attached hydrogens (primary N) is 1. The first-order valence-corrected chi connectivity index (χ1v) is 5.15. The first-order valence-electron chi connectivity index (χ1n) is 5.15. The lowest BCUT2D eigenvalue weighted by Gasteiger charge is -2.17. The van der Waals surface area contributed by atoms with Crippen LogP contribution in [0.4, 0.5) is 17.6 Å². The lowest BCUT2D eigenvalue weighted by molar-refractivity contribution is -0.253. The molecule has 1 rings (SSSR count). The normalized spacial score (nSPS) is 13.0. The van der Waals surface area contributed by atoms with E-state index in [4.69, 9.17) is 10.8 Å². The van der Waals surface area contributed by atoms with Crippen LogP contribution in [0.5, 0.6) is 5.75 Å². The fraction of sp³-hybridized carbons (Fsp3) is 0.455. The number of benzene rings is 1. The second-order valence-corrected chi connectivity index (χ2v) is 3.76. The second kappa shape index (κ2) is 7.52. The maximum atomic E-state index is 12.7. The molecule has 3 nitrogen and oxygen atoms in total. The van der Waals surface area contributed by atoms with Gasteiger partial charge in [0.25, 0.3) is 0 Å². The maximum Gasteiger partial charge on any atom is 0.461 e. The lowest BCUT2D eigenvalue weighted by Crippen LogP contribution is -2.33. The fourth-order valence-corrected chi connectivity index (χ4v) is 1.30. The summed E-state index contributed by atoms with van der Waals surface area (Å²) in [5, 5.41) is 8.75. The molecule has 0 saturated carbocycles. The second-order valence-electron chi connectivity index (χ2n) is 3.76. The van der Waals surface area contributed by atoms with Crippen molar-refractivity contribution in [2.75, 3.05) is 6.61 Å². The Bertz CT molecular complexity index is 393. The SMILES string of the molecule is Cl.NC(CO)Cc1cccc(OC(F)(F)C(F)F)c1. The van der Waals surface area contributed by atoms with E-state index in [1.54, 1.807) is 6.07 Å². The average Bonchev–Trinajstić information content (AvgIpc) is 2.28. The van der Waals surface area contributed by atoms with E-state index in [1.165, 1.54) is 12.1 Å². The predicted molar refractivity (Wildman–Crippen MR) is 64.0 cm³/mol. The summed E-state index contributed by atoms with van der Waals surface area (Å²) in [6.45, 7) is -0.266. The van der Waals surface area contributed by atoms with E-state index in [-0.39, 0.29) is 31.2 Å². The first-order chi connectivity index (χ1) is 8.35. The minimum Gasteiger partial charge on any atom is -0.428 e. The standard InChI is InChI=1S/C11H13F4NO2.ClH/c12-10(13)11(14,15)18-9-3-1-2-7(5-9)4-8(16)6-17;/h1-3,5,8,10,17H,4,6,16H2;1H. The number of alkyl halides is 4. The van der Waals surface area contributed by atoms with Crippen molar-refractivity contribution in [2.45, 2.75) is 25.0 Å². The molecule has 0 radical (unpaired) electrons. The van der Waals surface area contributed by atoms with Crippen LogP contribution in [-0.4, -0.2) is 30.3 Å². The van der Waals surface area contributed by atoms with Gasteiger partial charge in [0.1, 0.15) is 5.75 Å². The summed E-state index contributed by atoms with van der Waals surface area (Å²) in [6.07, 6.45) is -8.20. The molecule has 19 heavy (non-hydrogen) atoms. The van der Waals surface area contributed by atoms with Crippen molar-refractivity contribution in [1.29, 1.82) is 0 Å². The fourth-order valence-electron chi connectivity index (χ4n) is 1.30. The van der Waals surface area contributed by atoms with Crippen LogP contribution in [0.25, 0.3) is 0 Å². The van der Waals surface area contributed by atoms with Crippen molar-refractivity contribution >= 4 is 12.4 Å². The Morgan fingerprint density at radius 3 is 2.47 bits per heavy atom. The summed E-state index contributed by atoms with van der Waals surface area (Å²) in [4.78, 5) is 0. The van der Waals surface area contributed by atoms with Crippen LogP contribution in [0, 0.1) is 0 Å². The zero-order valence-corrected chi connectivity index (χ0v) is 10.5. The van der Waals surface area contributed by atoms with Crippen LogP contribution < -0.4 is 10.5 Å². The maximum absolute atomic E-state index is 12.7. The highest BCUT2D eigenvalue weighted by Crippen LogP contribution is 2.27. The van der Waals surface area contributed by atoms with Crippen LogP contribution in [0.3, 0.4) is 0 Å². The topological polar surface area (TPSA) is 55.5 Å². The third kappa shape index (κ3) is 5.63. The van der Waals surface area contributed by atoms with E-state index in [1.807, 2.05) is 0 Å². The summed E-state index contributed by atoms with van der Waals surface area (Å²) < 4.78 is 53.1. The highest BCUT2D eigenvalue weighted by molar-refractivity contribution is 5.85. The quantitative estimate of drug-likeness (QED) is 0.792. The number of halogens is 5. The van der Waals surface area contributed by atoms with Gasteiger partial charge in [0, 0.05) is 6.04 Å². The van der Waals surface area contributed by atoms with Crippen LogP contribution in [0.15, 0.2) is 24.3 Å². The highest BCUT2D eigenvalue weighted by Gasteiger charge is 2.43. The van der Waals surface area contributed by atoms with Gasteiger partial charge in [-0.1, -0.05) is 12.1 Å². The summed E-state index contributed by atoms with van der Waals surface area (Å²) in [7, 11) is 0. The van der Waals surface area contributed by atoms with Gasteiger partial charge in [-0.3, -0.25) is 0 Å². The van der Waals surface area contributed by atoms with Gasteiger partial charge < -0.3 is 15.6 Å². The molecule has 0 aliphatic heterocycles. The molecule has 3 N–H and O–H groups in total. The number of aliphatic hydroxyl groups is 1. The molecule has 8 heteroatoms. The van der Waals surface area contributed by atoms with E-state index in [0.717, 1.165) is 6.07 Å². The number of hydrogen-bond donors (Lipinski definition) is 2. The Morgan fingerprint density at radius 2 is 1.95 bits per heavy atom. The zero-order chi connectivity index (χ0) is 13.8. The smallest absolute Gasteiger partial charge is 0.428 e. The van der Waals surface area contributed by atoms with Crippen molar-refractivity contribution < 1.29 is 27.4 Å². The molecule has 110 valence electrons. The van der Waals surface area contributed by atoms with Gasteiger partial charge in [0.15, 0.2) is 0 Å². The highest BCUT2D eigenvalue weighted by atomic mass is 35.5. The van der Waals surface area contributed by atoms with Gasteiger partial charge in [-0.05, 0) is 24.1 Å². The Labute approximate surface area is 113 Å². The van der Waals surface area contributed by atoms with E-state index in [9.17, 15) is 17.6 Å². The number of hydrogen-bond acceptors (Lipinski definition) is 3. The Morgan fingerprint density at radius 1 is 1.32 bits per heavy atom. The monoisotopic (exact) mass is 303 g/mol. The molecule has 1 unspecified atom stereocenters. The van der Waals surface area contributed by atoms with Gasteiger partial charge in [-0.15, -0.1) is 12.4 Å². The average molecular weight is 304 g/mol. The number of rotatable bonds is 6. The van der Waals surface area contributed by atoms with Gasteiger partial charge in [-0.2, -0.15) is 17.6 Å². The van der Waals surface area contributed by atoms with Crippen molar-refractivity contribution in [1.82, 2.24) is 0 Å². The van der Waals surface area contributed by atoms with Gasteiger partial charge >= 0.3 is 12.5 Å². The van der Waals surface area contributed by atoms with Gasteiger partial charge in [0.2, 0.25) is 0 Å². The zero-order valence-electron chi connectivity index (χ0n) is 9.73. The Balaban J connectivity index is 0.00000324. The molecule has 0 saturated heterocycles. The van der Waals surface area contributed by atoms with Crippen LogP contribution in [0.1, 0.15) is 5.56 Å². The molecule has 0 fully saturated rings. The third-order valence-electron chi connectivity index (χ3n) is 2.14. The van der Waals surface area contributed by atoms with Gasteiger partial charge in [-0.25, -0.2) is 0 Å². The first kappa shape index (κ1) is 17.9. The molecule has 0 amide bonds. The Hall–Kier alpha value is -1.05. The summed E-state index contributed by atoms with van der Waals surface area (Å²) in [5.74, 6) is -0.372. The molecular weight excluding hydrogens is 290 g/mol. The van der Waals surface area contributed by atoms with Crippen LogP contribution in [0.2, 0.25) is 0 Å². The molecule has 1 aromatic rings. The molecule has 0 aliphatic rings. The van der Waals surface area contributed by atoms with E-state index >= 15 is 0 Å². The van der Waals surface area contributed by atoms with Crippen molar-refractivity contribution in [2.24, 2.45) is 5.73 Å². The summed E-state index contributed by atoms with van der Waals surface area (Å²) >= 11 is 0. The molecule has 0 aromatic heterocycles. The molecule has 0 aliphatic carbocycles. The number of aliphatic hydroxyl groups excluding tert-OH is 1. The molecule has 0 bridgehead atoms. The molecule has 1 atom stereocenters. The Kier molecular flexibility index (Phi) is 7.10. The van der Waals surface area contributed by atoms with E-state index in [2.05, 4.69) is 4.74 Å². The lowest BCUT2D eigenvalue weighted by atomic mass is 10.1. The largest absolute Gasteiger partial charge is 0.461 e. The predicted octanol–water partition coefficient (Wildman–Crippen LogP) is 2.21. The van der Waals surface area contributed by atoms with Crippen molar-refractivity contribution in [3.63, 3.8) is 0 Å². The van der Waals surface area contributed by atoms with E-state index in [0.29, 0.717) is 5.56 Å². The molecule has 0 spiro atoms. The number of ether oxygens (including phenoxy) is 1. The summed E-state index contributed by atoms with van der Waals surface area (Å²) in [5.41, 5.74) is 5.98.